The predicted molar refractivity (Wildman–Crippen MR) is 89.6 cm³/mol. The summed E-state index contributed by atoms with van der Waals surface area (Å²) in [5, 5.41) is 12.6. The molecule has 112 valence electrons. The first-order chi connectivity index (χ1) is 10.3. The molecule has 0 aliphatic rings. The van der Waals surface area contributed by atoms with Gasteiger partial charge in [-0.25, -0.2) is 0 Å². The molecule has 0 saturated carbocycles. The Labute approximate surface area is 127 Å². The Morgan fingerprint density at radius 3 is 2.57 bits per heavy atom. The van der Waals surface area contributed by atoms with Crippen LogP contribution in [-0.4, -0.2) is 11.7 Å². The van der Waals surface area contributed by atoms with Crippen molar-refractivity contribution < 1.29 is 5.11 Å². The van der Waals surface area contributed by atoms with Gasteiger partial charge in [-0.1, -0.05) is 55.8 Å². The third kappa shape index (κ3) is 4.91. The number of rotatable bonds is 8. The summed E-state index contributed by atoms with van der Waals surface area (Å²) in [6.07, 6.45) is 4.01. The number of aliphatic hydroxyl groups is 1. The van der Waals surface area contributed by atoms with E-state index in [4.69, 9.17) is 5.11 Å². The van der Waals surface area contributed by atoms with Gasteiger partial charge in [0.25, 0.3) is 0 Å². The van der Waals surface area contributed by atoms with E-state index < -0.39 is 0 Å². The molecule has 0 aromatic heterocycles. The normalized spacial score (nSPS) is 12.1. The van der Waals surface area contributed by atoms with Crippen LogP contribution in [0.15, 0.2) is 54.6 Å². The first kappa shape index (κ1) is 15.6. The summed E-state index contributed by atoms with van der Waals surface area (Å²) in [5.74, 6) is 0. The topological polar surface area (TPSA) is 32.3 Å². The van der Waals surface area contributed by atoms with E-state index in [0.717, 1.165) is 31.4 Å². The molecule has 0 bridgehead atoms. The highest BCUT2D eigenvalue weighted by atomic mass is 16.2. The molecule has 0 saturated heterocycles. The SMILES string of the molecule is CCCC(Nc1cccc(CCCO)c1)c1ccccc1. The molecule has 2 N–H and O–H groups in total. The van der Waals surface area contributed by atoms with Crippen LogP contribution in [-0.2, 0) is 6.42 Å². The van der Waals surface area contributed by atoms with E-state index in [1.807, 2.05) is 0 Å². The fourth-order valence-electron chi connectivity index (χ4n) is 2.60. The van der Waals surface area contributed by atoms with Crippen molar-refractivity contribution in [2.75, 3.05) is 11.9 Å². The van der Waals surface area contributed by atoms with E-state index in [1.54, 1.807) is 0 Å². The molecule has 2 rings (SSSR count). The van der Waals surface area contributed by atoms with Gasteiger partial charge in [0, 0.05) is 12.3 Å². The fraction of sp³-hybridized carbons (Fsp3) is 0.368. The van der Waals surface area contributed by atoms with Gasteiger partial charge >= 0.3 is 0 Å². The summed E-state index contributed by atoms with van der Waals surface area (Å²) in [4.78, 5) is 0. The number of anilines is 1. The lowest BCUT2D eigenvalue weighted by Crippen LogP contribution is -2.10. The van der Waals surface area contributed by atoms with Crippen LogP contribution < -0.4 is 5.32 Å². The Morgan fingerprint density at radius 1 is 1.05 bits per heavy atom. The molecule has 0 aliphatic heterocycles. The van der Waals surface area contributed by atoms with Crippen molar-refractivity contribution in [1.82, 2.24) is 0 Å². The highest BCUT2D eigenvalue weighted by molar-refractivity contribution is 5.48. The van der Waals surface area contributed by atoms with Gasteiger partial charge in [-0.2, -0.15) is 0 Å². The van der Waals surface area contributed by atoms with Gasteiger partial charge in [-0.05, 0) is 42.5 Å². The summed E-state index contributed by atoms with van der Waals surface area (Å²) >= 11 is 0. The highest BCUT2D eigenvalue weighted by Gasteiger charge is 2.10. The molecule has 0 fully saturated rings. The van der Waals surface area contributed by atoms with Gasteiger partial charge < -0.3 is 10.4 Å². The summed E-state index contributed by atoms with van der Waals surface area (Å²) < 4.78 is 0. The summed E-state index contributed by atoms with van der Waals surface area (Å²) in [6, 6.07) is 19.5. The maximum absolute atomic E-state index is 8.95. The zero-order valence-electron chi connectivity index (χ0n) is 12.8. The smallest absolute Gasteiger partial charge is 0.0513 e. The molecule has 2 aromatic rings. The van der Waals surface area contributed by atoms with Crippen LogP contribution in [0.3, 0.4) is 0 Å². The van der Waals surface area contributed by atoms with Gasteiger partial charge in [0.1, 0.15) is 0 Å². The highest BCUT2D eigenvalue weighted by Crippen LogP contribution is 2.24. The van der Waals surface area contributed by atoms with E-state index in [1.165, 1.54) is 11.1 Å². The first-order valence-corrected chi connectivity index (χ1v) is 7.84. The van der Waals surface area contributed by atoms with Crippen LogP contribution in [0.1, 0.15) is 43.4 Å². The van der Waals surface area contributed by atoms with Gasteiger partial charge in [0.15, 0.2) is 0 Å². The van der Waals surface area contributed by atoms with Crippen molar-refractivity contribution in [3.63, 3.8) is 0 Å². The second kappa shape index (κ2) is 8.48. The molecule has 21 heavy (non-hydrogen) atoms. The lowest BCUT2D eigenvalue weighted by molar-refractivity contribution is 0.288. The second-order valence-electron chi connectivity index (χ2n) is 5.42. The minimum Gasteiger partial charge on any atom is -0.396 e. The van der Waals surface area contributed by atoms with Crippen molar-refractivity contribution in [3.8, 4) is 0 Å². The zero-order valence-corrected chi connectivity index (χ0v) is 12.8. The van der Waals surface area contributed by atoms with Crippen LogP contribution >= 0.6 is 0 Å². The molecule has 0 amide bonds. The Hall–Kier alpha value is -1.80. The monoisotopic (exact) mass is 283 g/mol. The van der Waals surface area contributed by atoms with Crippen molar-refractivity contribution in [3.05, 3.63) is 65.7 Å². The van der Waals surface area contributed by atoms with Crippen molar-refractivity contribution in [1.29, 1.82) is 0 Å². The molecule has 0 radical (unpaired) electrons. The zero-order chi connectivity index (χ0) is 14.9. The molecule has 2 nitrogen and oxygen atoms in total. The molecule has 2 heteroatoms. The average Bonchev–Trinajstić information content (AvgIpc) is 2.54. The second-order valence-corrected chi connectivity index (χ2v) is 5.42. The number of nitrogens with one attached hydrogen (secondary N) is 1. The minimum atomic E-state index is 0.250. The molecule has 2 aromatic carbocycles. The quantitative estimate of drug-likeness (QED) is 0.744. The lowest BCUT2D eigenvalue weighted by Gasteiger charge is -2.20. The van der Waals surface area contributed by atoms with Crippen LogP contribution in [0.5, 0.6) is 0 Å². The Bertz CT molecular complexity index is 524. The van der Waals surface area contributed by atoms with Crippen molar-refractivity contribution in [2.45, 2.75) is 38.6 Å². The van der Waals surface area contributed by atoms with Gasteiger partial charge in [0.05, 0.1) is 6.04 Å². The molecule has 0 heterocycles. The largest absolute Gasteiger partial charge is 0.396 e. The molecule has 0 spiro atoms. The molecule has 0 aliphatic carbocycles. The van der Waals surface area contributed by atoms with Crippen molar-refractivity contribution >= 4 is 5.69 Å². The summed E-state index contributed by atoms with van der Waals surface area (Å²) in [6.45, 7) is 2.47. The molecular formula is C19H25NO. The Morgan fingerprint density at radius 2 is 1.86 bits per heavy atom. The summed E-state index contributed by atoms with van der Waals surface area (Å²) in [7, 11) is 0. The number of aliphatic hydroxyl groups excluding tert-OH is 1. The average molecular weight is 283 g/mol. The van der Waals surface area contributed by atoms with E-state index in [0.29, 0.717) is 6.04 Å². The predicted octanol–water partition coefficient (Wildman–Crippen LogP) is 4.56. The van der Waals surface area contributed by atoms with Crippen LogP contribution in [0.2, 0.25) is 0 Å². The van der Waals surface area contributed by atoms with E-state index in [-0.39, 0.29) is 6.61 Å². The number of benzene rings is 2. The van der Waals surface area contributed by atoms with Crippen LogP contribution in [0, 0.1) is 0 Å². The van der Waals surface area contributed by atoms with Gasteiger partial charge in [-0.3, -0.25) is 0 Å². The number of hydrogen-bond acceptors (Lipinski definition) is 2. The maximum atomic E-state index is 8.95. The molecule has 1 unspecified atom stereocenters. The number of hydrogen-bond donors (Lipinski definition) is 2. The van der Waals surface area contributed by atoms with Crippen molar-refractivity contribution in [2.24, 2.45) is 0 Å². The fourth-order valence-corrected chi connectivity index (χ4v) is 2.60. The van der Waals surface area contributed by atoms with Gasteiger partial charge in [-0.15, -0.1) is 0 Å². The van der Waals surface area contributed by atoms with E-state index in [2.05, 4.69) is 66.8 Å². The van der Waals surface area contributed by atoms with E-state index in [9.17, 15) is 0 Å². The molecule has 1 atom stereocenters. The maximum Gasteiger partial charge on any atom is 0.0513 e. The van der Waals surface area contributed by atoms with Crippen LogP contribution in [0.4, 0.5) is 5.69 Å². The third-order valence-corrected chi connectivity index (χ3v) is 3.67. The van der Waals surface area contributed by atoms with E-state index >= 15 is 0 Å². The van der Waals surface area contributed by atoms with Gasteiger partial charge in [0.2, 0.25) is 0 Å². The number of aryl methyl sites for hydroxylation is 1. The standard InChI is InChI=1S/C19H25NO/c1-2-8-19(17-11-4-3-5-12-17)20-18-13-6-9-16(15-18)10-7-14-21/h3-6,9,11-13,15,19-21H,2,7-8,10,14H2,1H3. The third-order valence-electron chi connectivity index (χ3n) is 3.67. The Kier molecular flexibility index (Phi) is 6.29. The first-order valence-electron chi connectivity index (χ1n) is 7.84. The summed E-state index contributed by atoms with van der Waals surface area (Å²) in [5.41, 5.74) is 3.77. The Balaban J connectivity index is 2.09. The van der Waals surface area contributed by atoms with Crippen LogP contribution in [0.25, 0.3) is 0 Å². The lowest BCUT2D eigenvalue weighted by atomic mass is 10.0. The minimum absolute atomic E-state index is 0.250. The molecular weight excluding hydrogens is 258 g/mol.